The Morgan fingerprint density at radius 2 is 2.06 bits per heavy atom. The first-order valence-electron chi connectivity index (χ1n) is 9.88. The first-order valence-corrected chi connectivity index (χ1v) is 9.88. The molecule has 0 radical (unpaired) electrons. The molecule has 2 aliphatic heterocycles. The maximum absolute atomic E-state index is 13.9. The minimum atomic E-state index is -4.54. The van der Waals surface area contributed by atoms with E-state index in [-0.39, 0.29) is 31.3 Å². The van der Waals surface area contributed by atoms with E-state index in [1.54, 1.807) is 42.7 Å². The van der Waals surface area contributed by atoms with Crippen molar-refractivity contribution in [3.05, 3.63) is 65.6 Å². The van der Waals surface area contributed by atoms with Crippen molar-refractivity contribution < 1.29 is 27.4 Å². The highest BCUT2D eigenvalue weighted by Crippen LogP contribution is 2.45. The highest BCUT2D eigenvalue weighted by molar-refractivity contribution is 5.93. The first-order chi connectivity index (χ1) is 15.4. The molecule has 8 nitrogen and oxygen atoms in total. The second-order valence-electron chi connectivity index (χ2n) is 7.51. The van der Waals surface area contributed by atoms with Crippen LogP contribution in [0, 0.1) is 0 Å². The summed E-state index contributed by atoms with van der Waals surface area (Å²) in [5.74, 6) is 0.586. The summed E-state index contributed by atoms with van der Waals surface area (Å²) >= 11 is 0. The van der Waals surface area contributed by atoms with E-state index in [4.69, 9.17) is 9.47 Å². The summed E-state index contributed by atoms with van der Waals surface area (Å²) in [6.45, 7) is 0.261. The van der Waals surface area contributed by atoms with Crippen LogP contribution in [0.4, 0.5) is 19.0 Å². The number of hydrogen-bond acceptors (Lipinski definition) is 6. The van der Waals surface area contributed by atoms with Crippen LogP contribution in [0.3, 0.4) is 0 Å². The Morgan fingerprint density at radius 3 is 2.84 bits per heavy atom. The molecular formula is C21H18F3N5O3. The molecule has 2 atom stereocenters. The number of carbonyl (C=O) groups is 1. The highest BCUT2D eigenvalue weighted by atomic mass is 19.4. The summed E-state index contributed by atoms with van der Waals surface area (Å²) in [5, 5.41) is 9.68. The number of alkyl halides is 3. The van der Waals surface area contributed by atoms with E-state index in [1.165, 1.54) is 6.07 Å². The summed E-state index contributed by atoms with van der Waals surface area (Å²) < 4.78 is 53.1. The number of anilines is 1. The lowest BCUT2D eigenvalue weighted by Gasteiger charge is -2.33. The van der Waals surface area contributed by atoms with Crippen molar-refractivity contribution in [3.8, 4) is 11.5 Å². The van der Waals surface area contributed by atoms with Gasteiger partial charge in [0, 0.05) is 31.4 Å². The fourth-order valence-corrected chi connectivity index (χ4v) is 3.81. The molecule has 11 heteroatoms. The summed E-state index contributed by atoms with van der Waals surface area (Å²) in [5.41, 5.74) is 1.29. The lowest BCUT2D eigenvalue weighted by atomic mass is 9.96. The molecule has 0 spiro atoms. The topological polar surface area (TPSA) is 90.3 Å². The number of nitrogens with one attached hydrogen (secondary N) is 2. The normalized spacial score (nSPS) is 19.2. The molecule has 4 heterocycles. The maximum Gasteiger partial charge on any atom is 0.410 e. The molecule has 1 aromatic carbocycles. The van der Waals surface area contributed by atoms with Gasteiger partial charge in [-0.1, -0.05) is 12.1 Å². The standard InChI is InChI=1S/C21H18F3N5O3/c22-21(23,24)18-7-14(13-3-4-16-17(6-13)32-11-31-16)27-19-8-15(28-29(18)19)20(30)26-10-12-2-1-5-25-9-12/h1-6,8-9,14,18,27H,7,10-11H2,(H,26,30)/t14-,18-/m0/s1. The molecule has 2 aromatic heterocycles. The van der Waals surface area contributed by atoms with Gasteiger partial charge in [0.15, 0.2) is 23.2 Å². The smallest absolute Gasteiger partial charge is 0.410 e. The van der Waals surface area contributed by atoms with Crippen LogP contribution in [0.5, 0.6) is 11.5 Å². The van der Waals surface area contributed by atoms with Crippen molar-refractivity contribution in [2.24, 2.45) is 0 Å². The van der Waals surface area contributed by atoms with Crippen molar-refractivity contribution in [3.63, 3.8) is 0 Å². The van der Waals surface area contributed by atoms with Crippen LogP contribution in [0.25, 0.3) is 0 Å². The van der Waals surface area contributed by atoms with Crippen LogP contribution in [-0.4, -0.2) is 33.6 Å². The van der Waals surface area contributed by atoms with Gasteiger partial charge in [-0.05, 0) is 29.3 Å². The van der Waals surface area contributed by atoms with Gasteiger partial charge in [0.2, 0.25) is 6.79 Å². The Morgan fingerprint density at radius 1 is 1.22 bits per heavy atom. The van der Waals surface area contributed by atoms with Gasteiger partial charge in [-0.25, -0.2) is 4.68 Å². The molecule has 3 aromatic rings. The molecule has 5 rings (SSSR count). The van der Waals surface area contributed by atoms with Crippen molar-refractivity contribution in [2.75, 3.05) is 12.1 Å². The Bertz CT molecular complexity index is 1150. The largest absolute Gasteiger partial charge is 0.454 e. The van der Waals surface area contributed by atoms with Crippen molar-refractivity contribution >= 4 is 11.7 Å². The van der Waals surface area contributed by atoms with E-state index in [1.807, 2.05) is 0 Å². The van der Waals surface area contributed by atoms with E-state index < -0.39 is 24.2 Å². The maximum atomic E-state index is 13.9. The summed E-state index contributed by atoms with van der Waals surface area (Å²) in [6.07, 6.45) is -1.63. The summed E-state index contributed by atoms with van der Waals surface area (Å²) in [4.78, 5) is 16.5. The first kappa shape index (κ1) is 20.2. The number of fused-ring (bicyclic) bond motifs is 2. The van der Waals surface area contributed by atoms with Gasteiger partial charge in [0.25, 0.3) is 5.91 Å². The molecule has 0 aliphatic carbocycles. The summed E-state index contributed by atoms with van der Waals surface area (Å²) in [6, 6.07) is 7.35. The quantitative estimate of drug-likeness (QED) is 0.638. The number of halogens is 3. The van der Waals surface area contributed by atoms with E-state index in [0.29, 0.717) is 17.1 Å². The van der Waals surface area contributed by atoms with Gasteiger partial charge in [-0.2, -0.15) is 18.3 Å². The zero-order valence-electron chi connectivity index (χ0n) is 16.6. The van der Waals surface area contributed by atoms with Gasteiger partial charge in [0.05, 0.1) is 6.04 Å². The number of rotatable bonds is 4. The van der Waals surface area contributed by atoms with Crippen molar-refractivity contribution in [1.82, 2.24) is 20.1 Å². The van der Waals surface area contributed by atoms with Crippen LogP contribution in [0.15, 0.2) is 48.8 Å². The molecule has 0 unspecified atom stereocenters. The number of carbonyl (C=O) groups excluding carboxylic acids is 1. The number of hydrogen-bond donors (Lipinski definition) is 2. The zero-order valence-corrected chi connectivity index (χ0v) is 16.6. The van der Waals surface area contributed by atoms with E-state index in [0.717, 1.165) is 10.2 Å². The molecule has 0 saturated heterocycles. The average Bonchev–Trinajstić information content (AvgIpc) is 3.43. The second kappa shape index (κ2) is 7.74. The van der Waals surface area contributed by atoms with Gasteiger partial charge >= 0.3 is 6.18 Å². The van der Waals surface area contributed by atoms with E-state index in [9.17, 15) is 18.0 Å². The predicted octanol–water partition coefficient (Wildman–Crippen LogP) is 3.60. The Labute approximate surface area is 180 Å². The molecule has 0 bridgehead atoms. The molecule has 32 heavy (non-hydrogen) atoms. The van der Waals surface area contributed by atoms with Crippen LogP contribution in [-0.2, 0) is 6.54 Å². The molecule has 0 saturated carbocycles. The number of ether oxygens (including phenoxy) is 2. The predicted molar refractivity (Wildman–Crippen MR) is 106 cm³/mol. The van der Waals surface area contributed by atoms with Crippen LogP contribution >= 0.6 is 0 Å². The molecule has 2 aliphatic rings. The van der Waals surface area contributed by atoms with Gasteiger partial charge in [-0.3, -0.25) is 9.78 Å². The lowest BCUT2D eigenvalue weighted by molar-refractivity contribution is -0.173. The monoisotopic (exact) mass is 445 g/mol. The molecule has 0 fully saturated rings. The van der Waals surface area contributed by atoms with E-state index in [2.05, 4.69) is 20.7 Å². The average molecular weight is 445 g/mol. The number of benzene rings is 1. The molecular weight excluding hydrogens is 427 g/mol. The number of amides is 1. The highest BCUT2D eigenvalue weighted by Gasteiger charge is 2.47. The third-order valence-electron chi connectivity index (χ3n) is 5.40. The fraction of sp³-hybridized carbons (Fsp3) is 0.286. The SMILES string of the molecule is O=C(NCc1cccnc1)c1cc2n(n1)[C@H](C(F)(F)F)C[C@@H](c1ccc3c(c1)OCO3)N2. The second-order valence-corrected chi connectivity index (χ2v) is 7.51. The van der Waals surface area contributed by atoms with Crippen LogP contribution in [0.2, 0.25) is 0 Å². The Hall–Kier alpha value is -3.76. The lowest BCUT2D eigenvalue weighted by Crippen LogP contribution is -2.35. The fourth-order valence-electron chi connectivity index (χ4n) is 3.81. The van der Waals surface area contributed by atoms with Crippen molar-refractivity contribution in [2.45, 2.75) is 31.2 Å². The molecule has 2 N–H and O–H groups in total. The number of nitrogens with zero attached hydrogens (tertiary/aromatic N) is 3. The minimum absolute atomic E-state index is 0.0757. The summed E-state index contributed by atoms with van der Waals surface area (Å²) in [7, 11) is 0. The third kappa shape index (κ3) is 3.81. The van der Waals surface area contributed by atoms with Gasteiger partial charge in [0.1, 0.15) is 5.82 Å². The number of aromatic nitrogens is 3. The number of pyridine rings is 1. The zero-order chi connectivity index (χ0) is 22.3. The molecule has 1 amide bonds. The van der Waals surface area contributed by atoms with Crippen LogP contribution in [0.1, 0.15) is 40.1 Å². The Balaban J connectivity index is 1.40. The van der Waals surface area contributed by atoms with Crippen molar-refractivity contribution in [1.29, 1.82) is 0 Å². The van der Waals surface area contributed by atoms with Gasteiger partial charge in [-0.15, -0.1) is 0 Å². The Kier molecular flexibility index (Phi) is 4.87. The minimum Gasteiger partial charge on any atom is -0.454 e. The van der Waals surface area contributed by atoms with E-state index >= 15 is 0 Å². The molecule has 166 valence electrons. The van der Waals surface area contributed by atoms with Gasteiger partial charge < -0.3 is 20.1 Å². The van der Waals surface area contributed by atoms with Crippen LogP contribution < -0.4 is 20.1 Å². The third-order valence-corrected chi connectivity index (χ3v) is 5.40.